The zero-order valence-corrected chi connectivity index (χ0v) is 11.9. The van der Waals surface area contributed by atoms with E-state index in [0.29, 0.717) is 5.92 Å². The molecular weight excluding hydrogens is 238 g/mol. The van der Waals surface area contributed by atoms with Crippen LogP contribution >= 0.6 is 0 Å². The summed E-state index contributed by atoms with van der Waals surface area (Å²) in [6, 6.07) is 0. The molecule has 1 unspecified atom stereocenters. The van der Waals surface area contributed by atoms with Crippen LogP contribution in [0.15, 0.2) is 0 Å². The first-order valence-corrected chi connectivity index (χ1v) is 8.01. The van der Waals surface area contributed by atoms with Crippen molar-refractivity contribution < 1.29 is 13.5 Å². The third-order valence-electron chi connectivity index (χ3n) is 3.43. The van der Waals surface area contributed by atoms with Gasteiger partial charge in [-0.1, -0.05) is 33.6 Å². The molecule has 2 N–H and O–H groups in total. The molecule has 0 aromatic carbocycles. The Kier molecular flexibility index (Phi) is 4.98. The van der Waals surface area contributed by atoms with E-state index in [0.717, 1.165) is 25.7 Å². The normalized spacial score (nSPS) is 20.7. The summed E-state index contributed by atoms with van der Waals surface area (Å²) in [5, 5.41) is 9.78. The van der Waals surface area contributed by atoms with Gasteiger partial charge >= 0.3 is 0 Å². The van der Waals surface area contributed by atoms with Crippen LogP contribution in [0.3, 0.4) is 0 Å². The molecule has 0 saturated heterocycles. The first-order valence-electron chi connectivity index (χ1n) is 6.36. The second-order valence-electron chi connectivity index (χ2n) is 6.16. The standard InChI is InChI=1S/C12H25NO3S/c1-12(2,3)11(14)8-13-17(15,16)9-10-6-4-5-7-10/h10-11,13-14H,4-9H2,1-3H3. The fourth-order valence-electron chi connectivity index (χ4n) is 2.06. The van der Waals surface area contributed by atoms with E-state index >= 15 is 0 Å². The van der Waals surface area contributed by atoms with Crippen molar-refractivity contribution in [2.45, 2.75) is 52.6 Å². The molecule has 1 aliphatic carbocycles. The zero-order chi connectivity index (χ0) is 13.1. The minimum absolute atomic E-state index is 0.110. The number of hydrogen-bond acceptors (Lipinski definition) is 3. The summed E-state index contributed by atoms with van der Waals surface area (Å²) in [6.07, 6.45) is 3.67. The summed E-state index contributed by atoms with van der Waals surface area (Å²) in [5.41, 5.74) is -0.296. The lowest BCUT2D eigenvalue weighted by Crippen LogP contribution is -2.40. The topological polar surface area (TPSA) is 66.4 Å². The van der Waals surface area contributed by atoms with Crippen molar-refractivity contribution in [2.75, 3.05) is 12.3 Å². The predicted octanol–water partition coefficient (Wildman–Crippen LogP) is 1.50. The molecule has 17 heavy (non-hydrogen) atoms. The Morgan fingerprint density at radius 2 is 1.82 bits per heavy atom. The summed E-state index contributed by atoms with van der Waals surface area (Å²) in [5.74, 6) is 0.517. The highest BCUT2D eigenvalue weighted by Gasteiger charge is 2.26. The van der Waals surface area contributed by atoms with Gasteiger partial charge in [-0.05, 0) is 24.2 Å². The molecule has 1 aliphatic rings. The molecule has 0 radical (unpaired) electrons. The predicted molar refractivity (Wildman–Crippen MR) is 69.2 cm³/mol. The average molecular weight is 263 g/mol. The minimum atomic E-state index is -3.23. The number of aliphatic hydroxyl groups is 1. The monoisotopic (exact) mass is 263 g/mol. The molecule has 0 spiro atoms. The van der Waals surface area contributed by atoms with Crippen molar-refractivity contribution in [2.24, 2.45) is 11.3 Å². The van der Waals surface area contributed by atoms with Gasteiger partial charge in [-0.15, -0.1) is 0 Å². The van der Waals surface area contributed by atoms with Gasteiger partial charge in [0.05, 0.1) is 11.9 Å². The fourth-order valence-corrected chi connectivity index (χ4v) is 3.54. The molecule has 5 heteroatoms. The number of sulfonamides is 1. The number of rotatable bonds is 5. The van der Waals surface area contributed by atoms with Gasteiger partial charge in [0.25, 0.3) is 0 Å². The summed E-state index contributed by atoms with van der Waals surface area (Å²) < 4.78 is 26.1. The van der Waals surface area contributed by atoms with E-state index in [1.165, 1.54) is 0 Å². The highest BCUT2D eigenvalue weighted by molar-refractivity contribution is 7.89. The van der Waals surface area contributed by atoms with Gasteiger partial charge in [-0.25, -0.2) is 13.1 Å². The van der Waals surface area contributed by atoms with Crippen molar-refractivity contribution in [3.63, 3.8) is 0 Å². The molecule has 0 aromatic rings. The second kappa shape index (κ2) is 5.67. The fraction of sp³-hybridized carbons (Fsp3) is 1.00. The van der Waals surface area contributed by atoms with Crippen molar-refractivity contribution in [1.29, 1.82) is 0 Å². The maximum atomic E-state index is 11.8. The number of aliphatic hydroxyl groups excluding tert-OH is 1. The van der Waals surface area contributed by atoms with Gasteiger partial charge in [0.2, 0.25) is 10.0 Å². The first-order chi connectivity index (χ1) is 7.71. The van der Waals surface area contributed by atoms with Crippen molar-refractivity contribution in [1.82, 2.24) is 4.72 Å². The van der Waals surface area contributed by atoms with Crippen LogP contribution in [-0.2, 0) is 10.0 Å². The molecule has 0 bridgehead atoms. The number of hydrogen-bond donors (Lipinski definition) is 2. The largest absolute Gasteiger partial charge is 0.391 e. The Labute approximate surface area is 105 Å². The van der Waals surface area contributed by atoms with Crippen LogP contribution in [0, 0.1) is 11.3 Å². The van der Waals surface area contributed by atoms with Crippen molar-refractivity contribution in [3.8, 4) is 0 Å². The van der Waals surface area contributed by atoms with E-state index in [2.05, 4.69) is 4.72 Å². The maximum Gasteiger partial charge on any atom is 0.211 e. The molecule has 1 rings (SSSR count). The van der Waals surface area contributed by atoms with Crippen LogP contribution < -0.4 is 4.72 Å². The lowest BCUT2D eigenvalue weighted by Gasteiger charge is -2.26. The zero-order valence-electron chi connectivity index (χ0n) is 11.1. The molecule has 1 saturated carbocycles. The molecule has 0 heterocycles. The Morgan fingerprint density at radius 1 is 1.29 bits per heavy atom. The van der Waals surface area contributed by atoms with Crippen LogP contribution in [0.4, 0.5) is 0 Å². The third kappa shape index (κ3) is 5.36. The maximum absolute atomic E-state index is 11.8. The third-order valence-corrected chi connectivity index (χ3v) is 4.94. The van der Waals surface area contributed by atoms with Gasteiger partial charge in [-0.3, -0.25) is 0 Å². The second-order valence-corrected chi connectivity index (χ2v) is 8.01. The van der Waals surface area contributed by atoms with Crippen LogP contribution in [-0.4, -0.2) is 31.9 Å². The van der Waals surface area contributed by atoms with E-state index in [9.17, 15) is 13.5 Å². The van der Waals surface area contributed by atoms with E-state index in [-0.39, 0.29) is 17.7 Å². The summed E-state index contributed by atoms with van der Waals surface area (Å²) in [4.78, 5) is 0. The van der Waals surface area contributed by atoms with Crippen molar-refractivity contribution >= 4 is 10.0 Å². The molecule has 1 atom stereocenters. The van der Waals surface area contributed by atoms with Crippen LogP contribution in [0.2, 0.25) is 0 Å². The minimum Gasteiger partial charge on any atom is -0.391 e. The van der Waals surface area contributed by atoms with Crippen LogP contribution in [0.1, 0.15) is 46.5 Å². The number of nitrogens with one attached hydrogen (secondary N) is 1. The molecule has 0 aromatic heterocycles. The summed E-state index contributed by atoms with van der Waals surface area (Å²) in [7, 11) is -3.23. The van der Waals surface area contributed by atoms with Gasteiger partial charge in [0.15, 0.2) is 0 Å². The van der Waals surface area contributed by atoms with Gasteiger partial charge in [0, 0.05) is 6.54 Å². The van der Waals surface area contributed by atoms with E-state index in [1.807, 2.05) is 20.8 Å². The highest BCUT2D eigenvalue weighted by atomic mass is 32.2. The van der Waals surface area contributed by atoms with Gasteiger partial charge in [-0.2, -0.15) is 0 Å². The molecular formula is C12H25NO3S. The average Bonchev–Trinajstić information content (AvgIpc) is 2.64. The molecule has 102 valence electrons. The molecule has 4 nitrogen and oxygen atoms in total. The quantitative estimate of drug-likeness (QED) is 0.790. The van der Waals surface area contributed by atoms with E-state index in [1.54, 1.807) is 0 Å². The lowest BCUT2D eigenvalue weighted by molar-refractivity contribution is 0.0676. The SMILES string of the molecule is CC(C)(C)C(O)CNS(=O)(=O)CC1CCCC1. The van der Waals surface area contributed by atoms with Gasteiger partial charge < -0.3 is 5.11 Å². The van der Waals surface area contributed by atoms with Crippen molar-refractivity contribution in [3.05, 3.63) is 0 Å². The van der Waals surface area contributed by atoms with Crippen LogP contribution in [0.25, 0.3) is 0 Å². The smallest absolute Gasteiger partial charge is 0.211 e. The Balaban J connectivity index is 2.39. The first kappa shape index (κ1) is 14.9. The molecule has 0 aliphatic heterocycles. The van der Waals surface area contributed by atoms with E-state index < -0.39 is 16.1 Å². The Bertz CT molecular complexity index is 326. The molecule has 0 amide bonds. The van der Waals surface area contributed by atoms with Crippen LogP contribution in [0.5, 0.6) is 0 Å². The summed E-state index contributed by atoms with van der Waals surface area (Å²) in [6.45, 7) is 5.79. The summed E-state index contributed by atoms with van der Waals surface area (Å²) >= 11 is 0. The van der Waals surface area contributed by atoms with E-state index in [4.69, 9.17) is 0 Å². The lowest BCUT2D eigenvalue weighted by atomic mass is 9.89. The Hall–Kier alpha value is -0.130. The van der Waals surface area contributed by atoms with Gasteiger partial charge in [0.1, 0.15) is 0 Å². The molecule has 1 fully saturated rings. The highest BCUT2D eigenvalue weighted by Crippen LogP contribution is 2.25. The Morgan fingerprint density at radius 3 is 2.29 bits per heavy atom.